The van der Waals surface area contributed by atoms with Gasteiger partial charge in [-0.1, -0.05) is 62.9 Å². The number of rotatable bonds is 18. The largest absolute Gasteiger partial charge is 0.497 e. The van der Waals surface area contributed by atoms with E-state index >= 15 is 0 Å². The van der Waals surface area contributed by atoms with Crippen molar-refractivity contribution < 1.29 is 51.5 Å². The number of likely N-dealkylation sites (N-methyl/N-ethyl adjacent to an activating group) is 1. The fraction of sp³-hybridized carbons (Fsp3) is 0.558. The summed E-state index contributed by atoms with van der Waals surface area (Å²) in [5.74, 6) is -4.71. The van der Waals surface area contributed by atoms with E-state index in [1.165, 1.54) is 55.3 Å². The zero-order chi connectivity index (χ0) is 45.8. The summed E-state index contributed by atoms with van der Waals surface area (Å²) in [6, 6.07) is 8.30. The van der Waals surface area contributed by atoms with E-state index in [0.29, 0.717) is 30.6 Å². The monoisotopic (exact) mass is 883 g/mol. The summed E-state index contributed by atoms with van der Waals surface area (Å²) in [5.41, 5.74) is -0.369. The molecule has 1 aliphatic heterocycles. The Balaban J connectivity index is 1.56. The van der Waals surface area contributed by atoms with E-state index in [2.05, 4.69) is 26.0 Å². The molecule has 340 valence electrons. The number of methoxy groups -OCH3 is 1. The number of likely N-dealkylation sites (tertiary alicyclic amines) is 1. The van der Waals surface area contributed by atoms with E-state index in [0.717, 1.165) is 19.3 Å². The third-order valence-electron chi connectivity index (χ3n) is 10.6. The van der Waals surface area contributed by atoms with Gasteiger partial charge in [-0.3, -0.25) is 28.8 Å². The first-order valence-electron chi connectivity index (χ1n) is 20.9. The molecule has 0 aromatic heterocycles. The van der Waals surface area contributed by atoms with E-state index in [-0.39, 0.29) is 30.2 Å². The van der Waals surface area contributed by atoms with Gasteiger partial charge in [-0.05, 0) is 82.2 Å². The van der Waals surface area contributed by atoms with Crippen molar-refractivity contribution in [3.05, 3.63) is 60.2 Å². The summed E-state index contributed by atoms with van der Waals surface area (Å²) in [4.78, 5) is 97.2. The molecular formula is C43H61N7O11S. The number of amides is 6. The minimum Gasteiger partial charge on any atom is -0.497 e. The number of ether oxygens (including phenoxy) is 2. The third-order valence-corrected chi connectivity index (χ3v) is 12.1. The summed E-state index contributed by atoms with van der Waals surface area (Å²) < 4.78 is 40.4. The second-order valence-corrected chi connectivity index (χ2v) is 18.5. The van der Waals surface area contributed by atoms with Gasteiger partial charge >= 0.3 is 6.09 Å². The second-order valence-electron chi connectivity index (χ2n) is 16.8. The number of nitrogens with one attached hydrogen (secondary N) is 5. The molecule has 2 aromatic carbocycles. The molecule has 5 atom stereocenters. The minimum atomic E-state index is -4.18. The van der Waals surface area contributed by atoms with E-state index < -0.39 is 93.8 Å². The highest BCUT2D eigenvalue weighted by Crippen LogP contribution is 2.30. The Morgan fingerprint density at radius 1 is 0.887 bits per heavy atom. The quantitative estimate of drug-likeness (QED) is 0.136. The van der Waals surface area contributed by atoms with Gasteiger partial charge in [0.15, 0.2) is 0 Å². The number of nitrogens with zero attached hydrogens (tertiary/aromatic N) is 2. The van der Waals surface area contributed by atoms with Gasteiger partial charge in [0.25, 0.3) is 5.91 Å². The maximum Gasteiger partial charge on any atom is 0.408 e. The van der Waals surface area contributed by atoms with Crippen molar-refractivity contribution in [2.24, 2.45) is 5.92 Å². The number of alkyl carbamates (subject to hydrolysis) is 1. The zero-order valence-corrected chi connectivity index (χ0v) is 37.3. The highest BCUT2D eigenvalue weighted by molar-refractivity contribution is 7.89. The van der Waals surface area contributed by atoms with Crippen molar-refractivity contribution in [2.75, 3.05) is 34.3 Å². The Bertz CT molecular complexity index is 2020. The lowest BCUT2D eigenvalue weighted by atomic mass is 9.83. The lowest BCUT2D eigenvalue weighted by Crippen LogP contribution is -2.58. The Labute approximate surface area is 363 Å². The van der Waals surface area contributed by atoms with Crippen molar-refractivity contribution in [1.29, 1.82) is 0 Å². The van der Waals surface area contributed by atoms with Crippen LogP contribution in [0.25, 0.3) is 0 Å². The number of carbonyl (C=O) groups excluding carboxylic acids is 7. The molecule has 6 amide bonds. The van der Waals surface area contributed by atoms with Crippen LogP contribution < -0.4 is 30.7 Å². The molecule has 2 unspecified atom stereocenters. The van der Waals surface area contributed by atoms with Gasteiger partial charge in [0.2, 0.25) is 39.4 Å². The number of benzene rings is 2. The maximum absolute atomic E-state index is 14.7. The van der Waals surface area contributed by atoms with E-state index in [4.69, 9.17) is 9.47 Å². The maximum atomic E-state index is 14.7. The first kappa shape index (κ1) is 49.1. The van der Waals surface area contributed by atoms with Gasteiger partial charge in [0.1, 0.15) is 29.5 Å². The van der Waals surface area contributed by atoms with Gasteiger partial charge in [-0.2, -0.15) is 0 Å². The van der Waals surface area contributed by atoms with Crippen LogP contribution in [0, 0.1) is 5.92 Å². The fourth-order valence-corrected chi connectivity index (χ4v) is 8.79. The van der Waals surface area contributed by atoms with Crippen molar-refractivity contribution in [1.82, 2.24) is 35.8 Å². The molecule has 1 aliphatic carbocycles. The molecule has 2 aromatic rings. The molecule has 0 radical (unpaired) electrons. The Morgan fingerprint density at radius 3 is 2.11 bits per heavy atom. The lowest BCUT2D eigenvalue weighted by molar-refractivity contribution is -0.143. The molecule has 1 saturated heterocycles. The fourth-order valence-electron chi connectivity index (χ4n) is 7.55. The summed E-state index contributed by atoms with van der Waals surface area (Å²) in [5, 5.41) is 10.2. The Kier molecular flexibility index (Phi) is 17.4. The van der Waals surface area contributed by atoms with Crippen molar-refractivity contribution >= 4 is 51.4 Å². The second kappa shape index (κ2) is 22.0. The van der Waals surface area contributed by atoms with Crippen LogP contribution in [0.2, 0.25) is 0 Å². The van der Waals surface area contributed by atoms with Crippen molar-refractivity contribution in [2.45, 2.75) is 120 Å². The minimum absolute atomic E-state index is 0.0106. The van der Waals surface area contributed by atoms with Crippen LogP contribution in [0.1, 0.15) is 90.7 Å². The van der Waals surface area contributed by atoms with Crippen molar-refractivity contribution in [3.8, 4) is 5.75 Å². The van der Waals surface area contributed by atoms with E-state index in [9.17, 15) is 42.0 Å². The number of hydrogen-bond acceptors (Lipinski definition) is 11. The van der Waals surface area contributed by atoms with Gasteiger partial charge in [-0.15, -0.1) is 0 Å². The molecule has 2 fully saturated rings. The van der Waals surface area contributed by atoms with Gasteiger partial charge in [-0.25, -0.2) is 17.9 Å². The molecule has 0 bridgehead atoms. The topological polar surface area (TPSA) is 239 Å². The number of hydrogen-bond donors (Lipinski definition) is 5. The molecule has 1 heterocycles. The van der Waals surface area contributed by atoms with Crippen LogP contribution in [-0.4, -0.2) is 124 Å². The highest BCUT2D eigenvalue weighted by atomic mass is 32.2. The molecule has 18 nitrogen and oxygen atoms in total. The molecule has 2 aliphatic rings. The Morgan fingerprint density at radius 2 is 1.53 bits per heavy atom. The molecular weight excluding hydrogens is 823 g/mol. The zero-order valence-electron chi connectivity index (χ0n) is 36.5. The number of sulfonamides is 1. The predicted molar refractivity (Wildman–Crippen MR) is 228 cm³/mol. The molecule has 0 spiro atoms. The number of Topliss-reactive ketones (excluding diaryl/α,β-unsaturated/α-hetero) is 1. The molecule has 62 heavy (non-hydrogen) atoms. The molecule has 1 saturated carbocycles. The van der Waals surface area contributed by atoms with E-state index in [1.54, 1.807) is 58.0 Å². The first-order valence-corrected chi connectivity index (χ1v) is 22.4. The van der Waals surface area contributed by atoms with Crippen LogP contribution in [0.15, 0.2) is 59.5 Å². The van der Waals surface area contributed by atoms with Gasteiger partial charge in [0, 0.05) is 26.7 Å². The smallest absolute Gasteiger partial charge is 0.408 e. The van der Waals surface area contributed by atoms with Gasteiger partial charge in [0.05, 0.1) is 24.6 Å². The summed E-state index contributed by atoms with van der Waals surface area (Å²) in [6.07, 6.45) is 3.12. The van der Waals surface area contributed by atoms with Crippen LogP contribution >= 0.6 is 0 Å². The van der Waals surface area contributed by atoms with Crippen LogP contribution in [-0.2, 0) is 43.5 Å². The normalized spacial score (nSPS) is 18.3. The number of carbonyl (C=O) groups is 7. The van der Waals surface area contributed by atoms with Gasteiger partial charge < -0.3 is 40.5 Å². The average Bonchev–Trinajstić information content (AvgIpc) is 3.66. The van der Waals surface area contributed by atoms with Crippen LogP contribution in [0.4, 0.5) is 4.79 Å². The third kappa shape index (κ3) is 13.7. The highest BCUT2D eigenvalue weighted by Gasteiger charge is 2.46. The summed E-state index contributed by atoms with van der Waals surface area (Å²) >= 11 is 0. The first-order chi connectivity index (χ1) is 29.2. The average molecular weight is 884 g/mol. The SMILES string of the molecule is CCCC(NC(=O)[C@@H]1CC(NS(=O)(=O)c2ccc(OC)cc2)CN1C(=O)[C@@H](NC(=O)OC(C)(C)C)C1CCCCC1)C(=O)C(=O)NCC(=O)N[C@H](C(=O)N(C)C)c1ccccc1. The molecule has 19 heteroatoms. The summed E-state index contributed by atoms with van der Waals surface area (Å²) in [7, 11) is 0.333. The molecule has 5 N–H and O–H groups in total. The van der Waals surface area contributed by atoms with Crippen LogP contribution in [0.3, 0.4) is 0 Å². The predicted octanol–water partition coefficient (Wildman–Crippen LogP) is 2.33. The molecule has 4 rings (SSSR count). The summed E-state index contributed by atoms with van der Waals surface area (Å²) in [6.45, 7) is 5.87. The lowest BCUT2D eigenvalue weighted by Gasteiger charge is -2.35. The van der Waals surface area contributed by atoms with Crippen molar-refractivity contribution in [3.63, 3.8) is 0 Å². The standard InChI is InChI=1S/C43H61N7O11S/c1-8-15-32(37(52)39(54)44-25-34(51)46-35(40(55)49(5)6)27-16-11-9-12-17-27)45-38(53)33-24-29(48-62(58,59)31-22-20-30(60-7)21-23-31)26-50(33)41(56)36(28-18-13-10-14-19-28)47-42(57)61-43(2,3)4/h9,11-12,16-17,20-23,28-29,32-33,35-36,48H,8,10,13-15,18-19,24-26H2,1-7H3,(H,44,54)(H,45,53)(H,46,51)(H,47,57)/t29?,32?,33-,35-,36-/m0/s1. The van der Waals surface area contributed by atoms with E-state index in [1.807, 2.05) is 0 Å². The Hall–Kier alpha value is -5.56. The van der Waals surface area contributed by atoms with Crippen LogP contribution in [0.5, 0.6) is 5.75 Å². The number of ketones is 1.